The Bertz CT molecular complexity index is 614. The Labute approximate surface area is 140 Å². The van der Waals surface area contributed by atoms with E-state index < -0.39 is 18.1 Å². The van der Waals surface area contributed by atoms with Crippen molar-refractivity contribution in [3.05, 3.63) is 35.4 Å². The molecule has 1 aliphatic heterocycles. The molecule has 1 heterocycles. The maximum absolute atomic E-state index is 12.6. The monoisotopic (exact) mass is 334 g/mol. The normalized spacial score (nSPS) is 18.8. The lowest BCUT2D eigenvalue weighted by molar-refractivity contribution is -0.158. The van der Waals surface area contributed by atoms with Crippen LogP contribution in [0.15, 0.2) is 24.3 Å². The fourth-order valence-electron chi connectivity index (χ4n) is 2.69. The van der Waals surface area contributed by atoms with Crippen LogP contribution >= 0.6 is 0 Å². The quantitative estimate of drug-likeness (QED) is 0.833. The molecule has 2 rings (SSSR count). The Morgan fingerprint density at radius 1 is 1.33 bits per heavy atom. The van der Waals surface area contributed by atoms with Crippen molar-refractivity contribution in [3.63, 3.8) is 0 Å². The average molecular weight is 334 g/mol. The summed E-state index contributed by atoms with van der Waals surface area (Å²) in [7, 11) is 0. The minimum Gasteiger partial charge on any atom is -0.480 e. The second kappa shape index (κ2) is 7.92. The van der Waals surface area contributed by atoms with Crippen LogP contribution in [0.3, 0.4) is 0 Å². The van der Waals surface area contributed by atoms with Crippen LogP contribution in [0.25, 0.3) is 0 Å². The smallest absolute Gasteiger partial charge is 0.328 e. The minimum absolute atomic E-state index is 0.00637. The molecule has 0 saturated carbocycles. The van der Waals surface area contributed by atoms with Crippen molar-refractivity contribution < 1.29 is 24.2 Å². The highest BCUT2D eigenvalue weighted by molar-refractivity contribution is 5.85. The lowest BCUT2D eigenvalue weighted by atomic mass is 10.0. The largest absolute Gasteiger partial charge is 0.480 e. The zero-order chi connectivity index (χ0) is 17.7. The van der Waals surface area contributed by atoms with Crippen LogP contribution in [-0.4, -0.2) is 53.6 Å². The summed E-state index contributed by atoms with van der Waals surface area (Å²) in [6.45, 7) is 3.87. The fraction of sp³-hybridized carbons (Fsp3) is 0.471. The summed E-state index contributed by atoms with van der Waals surface area (Å²) >= 11 is 0. The molecule has 2 atom stereocenters. The molecule has 1 fully saturated rings. The van der Waals surface area contributed by atoms with E-state index >= 15 is 0 Å². The van der Waals surface area contributed by atoms with Gasteiger partial charge in [0.1, 0.15) is 0 Å². The Balaban J connectivity index is 2.15. The number of nitrogens with zero attached hydrogens (tertiary/aromatic N) is 1. The average Bonchev–Trinajstić information content (AvgIpc) is 2.54. The predicted molar refractivity (Wildman–Crippen MR) is 86.3 cm³/mol. The summed E-state index contributed by atoms with van der Waals surface area (Å²) in [4.78, 5) is 36.7. The Kier molecular flexibility index (Phi) is 5.92. The van der Waals surface area contributed by atoms with Gasteiger partial charge in [-0.3, -0.25) is 9.59 Å². The number of aryl methyl sites for hydroxylation is 1. The molecule has 1 aromatic carbocycles. The van der Waals surface area contributed by atoms with Crippen LogP contribution in [0.1, 0.15) is 30.5 Å². The van der Waals surface area contributed by atoms with E-state index in [4.69, 9.17) is 4.74 Å². The van der Waals surface area contributed by atoms with E-state index in [2.05, 4.69) is 5.32 Å². The van der Waals surface area contributed by atoms with Crippen LogP contribution in [0.5, 0.6) is 0 Å². The van der Waals surface area contributed by atoms with Gasteiger partial charge in [-0.05, 0) is 12.5 Å². The zero-order valence-electron chi connectivity index (χ0n) is 13.8. The van der Waals surface area contributed by atoms with E-state index in [0.717, 1.165) is 11.1 Å². The first-order valence-corrected chi connectivity index (χ1v) is 7.82. The van der Waals surface area contributed by atoms with E-state index in [1.165, 1.54) is 11.8 Å². The number of hydrogen-bond donors (Lipinski definition) is 2. The van der Waals surface area contributed by atoms with Crippen molar-refractivity contribution >= 4 is 17.8 Å². The van der Waals surface area contributed by atoms with Gasteiger partial charge in [-0.25, -0.2) is 4.79 Å². The fourth-order valence-corrected chi connectivity index (χ4v) is 2.69. The Hall–Kier alpha value is -2.41. The van der Waals surface area contributed by atoms with Gasteiger partial charge >= 0.3 is 5.97 Å². The van der Waals surface area contributed by atoms with E-state index in [1.54, 1.807) is 0 Å². The highest BCUT2D eigenvalue weighted by atomic mass is 16.5. The molecule has 7 heteroatoms. The van der Waals surface area contributed by atoms with E-state index in [-0.39, 0.29) is 31.4 Å². The topological polar surface area (TPSA) is 95.9 Å². The minimum atomic E-state index is -1.09. The first-order chi connectivity index (χ1) is 11.4. The standard InChI is InChI=1S/C17H22N2O5/c1-11-3-5-13(6-4-11)14(18-12(2)20)9-16(21)19-7-8-24-10-15(19)17(22)23/h3-6,14-15H,7-10H2,1-2H3,(H,18,20)(H,22,23)/t14-,15+/m0/s1. The van der Waals surface area contributed by atoms with Gasteiger partial charge in [0.05, 0.1) is 25.7 Å². The molecule has 24 heavy (non-hydrogen) atoms. The van der Waals surface area contributed by atoms with Gasteiger partial charge in [0, 0.05) is 13.5 Å². The van der Waals surface area contributed by atoms with Crippen molar-refractivity contribution in [1.29, 1.82) is 0 Å². The molecule has 0 aliphatic carbocycles. The van der Waals surface area contributed by atoms with Crippen molar-refractivity contribution in [2.75, 3.05) is 19.8 Å². The van der Waals surface area contributed by atoms with Gasteiger partial charge in [0.15, 0.2) is 6.04 Å². The molecule has 130 valence electrons. The second-order valence-corrected chi connectivity index (χ2v) is 5.88. The van der Waals surface area contributed by atoms with Gasteiger partial charge in [-0.1, -0.05) is 29.8 Å². The van der Waals surface area contributed by atoms with Gasteiger partial charge < -0.3 is 20.1 Å². The zero-order valence-corrected chi connectivity index (χ0v) is 13.8. The van der Waals surface area contributed by atoms with Crippen LogP contribution in [0, 0.1) is 6.92 Å². The number of morpholine rings is 1. The first kappa shape index (κ1) is 17.9. The van der Waals surface area contributed by atoms with Crippen molar-refractivity contribution in [1.82, 2.24) is 10.2 Å². The molecule has 1 aromatic rings. The number of ether oxygens (including phenoxy) is 1. The predicted octanol–water partition coefficient (Wildman–Crippen LogP) is 0.874. The molecule has 0 radical (unpaired) electrons. The summed E-state index contributed by atoms with van der Waals surface area (Å²) in [5.74, 6) is -1.65. The maximum Gasteiger partial charge on any atom is 0.328 e. The molecule has 1 aliphatic rings. The lowest BCUT2D eigenvalue weighted by Crippen LogP contribution is -2.53. The highest BCUT2D eigenvalue weighted by Crippen LogP contribution is 2.20. The second-order valence-electron chi connectivity index (χ2n) is 5.88. The summed E-state index contributed by atoms with van der Waals surface area (Å²) < 4.78 is 5.15. The Morgan fingerprint density at radius 3 is 2.58 bits per heavy atom. The molecular weight excluding hydrogens is 312 g/mol. The number of carbonyl (C=O) groups is 3. The molecule has 2 amide bonds. The van der Waals surface area contributed by atoms with E-state index in [0.29, 0.717) is 6.61 Å². The number of rotatable bonds is 5. The van der Waals surface area contributed by atoms with Gasteiger partial charge in [-0.2, -0.15) is 0 Å². The lowest BCUT2D eigenvalue weighted by Gasteiger charge is -2.34. The first-order valence-electron chi connectivity index (χ1n) is 7.82. The third-order valence-corrected chi connectivity index (χ3v) is 3.97. The summed E-state index contributed by atoms with van der Waals surface area (Å²) in [6.07, 6.45) is 0.00637. The summed E-state index contributed by atoms with van der Waals surface area (Å²) in [5, 5.41) is 12.0. The third-order valence-electron chi connectivity index (χ3n) is 3.97. The van der Waals surface area contributed by atoms with Crippen molar-refractivity contribution in [3.8, 4) is 0 Å². The molecular formula is C17H22N2O5. The van der Waals surface area contributed by atoms with Crippen molar-refractivity contribution in [2.24, 2.45) is 0 Å². The summed E-state index contributed by atoms with van der Waals surface area (Å²) in [6, 6.07) is 6.05. The van der Waals surface area contributed by atoms with Crippen molar-refractivity contribution in [2.45, 2.75) is 32.4 Å². The molecule has 1 saturated heterocycles. The Morgan fingerprint density at radius 2 is 2.00 bits per heavy atom. The highest BCUT2D eigenvalue weighted by Gasteiger charge is 2.33. The molecule has 0 aromatic heterocycles. The van der Waals surface area contributed by atoms with Crippen LogP contribution in [-0.2, 0) is 19.1 Å². The number of benzene rings is 1. The van der Waals surface area contributed by atoms with Gasteiger partial charge in [-0.15, -0.1) is 0 Å². The van der Waals surface area contributed by atoms with Crippen LogP contribution in [0.4, 0.5) is 0 Å². The number of carboxylic acid groups (broad SMARTS) is 1. The SMILES string of the molecule is CC(=O)N[C@@H](CC(=O)N1CCOC[C@@H]1C(=O)O)c1ccc(C)cc1. The van der Waals surface area contributed by atoms with Crippen LogP contribution < -0.4 is 5.32 Å². The number of carbonyl (C=O) groups excluding carboxylic acids is 2. The molecule has 2 N–H and O–H groups in total. The molecule has 0 bridgehead atoms. The van der Waals surface area contributed by atoms with Gasteiger partial charge in [0.2, 0.25) is 11.8 Å². The molecule has 7 nitrogen and oxygen atoms in total. The summed E-state index contributed by atoms with van der Waals surface area (Å²) in [5.41, 5.74) is 1.88. The molecule has 0 unspecified atom stereocenters. The number of aliphatic carboxylic acids is 1. The number of carboxylic acids is 1. The number of nitrogens with one attached hydrogen (secondary N) is 1. The van der Waals surface area contributed by atoms with Crippen LogP contribution in [0.2, 0.25) is 0 Å². The van der Waals surface area contributed by atoms with E-state index in [9.17, 15) is 19.5 Å². The third kappa shape index (κ3) is 4.55. The van der Waals surface area contributed by atoms with E-state index in [1.807, 2.05) is 31.2 Å². The number of hydrogen-bond acceptors (Lipinski definition) is 4. The maximum atomic E-state index is 12.6. The number of amides is 2. The molecule has 0 spiro atoms. The van der Waals surface area contributed by atoms with Gasteiger partial charge in [0.25, 0.3) is 0 Å².